The Labute approximate surface area is 136 Å². The van der Waals surface area contributed by atoms with Crippen molar-refractivity contribution in [1.29, 1.82) is 0 Å². The van der Waals surface area contributed by atoms with Gasteiger partial charge < -0.3 is 10.4 Å². The summed E-state index contributed by atoms with van der Waals surface area (Å²) in [6.07, 6.45) is 9.03. The van der Waals surface area contributed by atoms with Crippen LogP contribution in [-0.4, -0.2) is 28.6 Å². The quantitative estimate of drug-likeness (QED) is 0.854. The summed E-state index contributed by atoms with van der Waals surface area (Å²) in [4.78, 5) is 16.5. The molecular formula is C19H22N2O2. The summed E-state index contributed by atoms with van der Waals surface area (Å²) in [6.45, 7) is 0.259. The standard InChI is InChI=1S/C19H22N2O2/c22-13-14-6-9-17(10-7-14)21-18(23)11-8-16-4-1-3-15-5-2-12-20-19(15)16/h1-5,8,11-12,14,17,22H,6-7,9-10,13H2,(H,21,23)/b11-8+. The second kappa shape index (κ2) is 7.38. The first-order valence-corrected chi connectivity index (χ1v) is 8.19. The molecule has 0 spiro atoms. The zero-order valence-electron chi connectivity index (χ0n) is 13.1. The lowest BCUT2D eigenvalue weighted by Gasteiger charge is -2.27. The molecule has 0 aliphatic heterocycles. The predicted octanol–water partition coefficient (Wildman–Crippen LogP) is 2.92. The molecule has 0 unspecified atom stereocenters. The molecule has 120 valence electrons. The van der Waals surface area contributed by atoms with Crippen LogP contribution in [0.1, 0.15) is 31.2 Å². The molecule has 1 aliphatic carbocycles. The molecule has 4 heteroatoms. The SMILES string of the molecule is O=C(/C=C/c1cccc2cccnc12)NC1CCC(CO)CC1. The monoisotopic (exact) mass is 310 g/mol. The van der Waals surface area contributed by atoms with Crippen LogP contribution in [-0.2, 0) is 4.79 Å². The number of hydrogen-bond acceptors (Lipinski definition) is 3. The Balaban J connectivity index is 1.62. The molecular weight excluding hydrogens is 288 g/mol. The molecule has 1 aromatic heterocycles. The smallest absolute Gasteiger partial charge is 0.244 e. The number of nitrogens with zero attached hydrogens (tertiary/aromatic N) is 1. The van der Waals surface area contributed by atoms with E-state index in [1.165, 1.54) is 0 Å². The van der Waals surface area contributed by atoms with Gasteiger partial charge in [-0.2, -0.15) is 0 Å². The van der Waals surface area contributed by atoms with Gasteiger partial charge in [-0.25, -0.2) is 0 Å². The number of benzene rings is 1. The molecule has 0 bridgehead atoms. The van der Waals surface area contributed by atoms with Crippen LogP contribution in [0.25, 0.3) is 17.0 Å². The summed E-state index contributed by atoms with van der Waals surface area (Å²) in [7, 11) is 0. The topological polar surface area (TPSA) is 62.2 Å². The number of rotatable bonds is 4. The van der Waals surface area contributed by atoms with Crippen LogP contribution in [0.5, 0.6) is 0 Å². The first kappa shape index (κ1) is 15.7. The van der Waals surface area contributed by atoms with E-state index in [2.05, 4.69) is 10.3 Å². The third-order valence-corrected chi connectivity index (χ3v) is 4.53. The molecule has 1 aliphatic rings. The molecule has 2 N–H and O–H groups in total. The maximum atomic E-state index is 12.1. The number of fused-ring (bicyclic) bond motifs is 1. The molecule has 23 heavy (non-hydrogen) atoms. The molecule has 1 aromatic carbocycles. The van der Waals surface area contributed by atoms with E-state index >= 15 is 0 Å². The van der Waals surface area contributed by atoms with Crippen molar-refractivity contribution < 1.29 is 9.90 Å². The molecule has 0 saturated heterocycles. The van der Waals surface area contributed by atoms with Crippen molar-refractivity contribution >= 4 is 22.9 Å². The van der Waals surface area contributed by atoms with Gasteiger partial charge in [-0.3, -0.25) is 9.78 Å². The Kier molecular flexibility index (Phi) is 5.03. The zero-order valence-corrected chi connectivity index (χ0v) is 13.1. The highest BCUT2D eigenvalue weighted by atomic mass is 16.3. The molecule has 4 nitrogen and oxygen atoms in total. The maximum Gasteiger partial charge on any atom is 0.244 e. The Morgan fingerprint density at radius 1 is 1.22 bits per heavy atom. The first-order valence-electron chi connectivity index (χ1n) is 8.19. The lowest BCUT2D eigenvalue weighted by molar-refractivity contribution is -0.117. The lowest BCUT2D eigenvalue weighted by Crippen LogP contribution is -2.37. The first-order chi connectivity index (χ1) is 11.3. The van der Waals surface area contributed by atoms with E-state index in [9.17, 15) is 4.79 Å². The van der Waals surface area contributed by atoms with Crippen molar-refractivity contribution in [2.24, 2.45) is 5.92 Å². The number of aliphatic hydroxyl groups excluding tert-OH is 1. The summed E-state index contributed by atoms with van der Waals surface area (Å²) < 4.78 is 0. The van der Waals surface area contributed by atoms with Crippen LogP contribution in [0, 0.1) is 5.92 Å². The highest BCUT2D eigenvalue weighted by Gasteiger charge is 2.21. The predicted molar refractivity (Wildman–Crippen MR) is 91.8 cm³/mol. The van der Waals surface area contributed by atoms with Crippen LogP contribution in [0.2, 0.25) is 0 Å². The number of nitrogens with one attached hydrogen (secondary N) is 1. The van der Waals surface area contributed by atoms with Crippen molar-refractivity contribution in [3.05, 3.63) is 48.2 Å². The van der Waals surface area contributed by atoms with E-state index in [4.69, 9.17) is 5.11 Å². The molecule has 2 aromatic rings. The van der Waals surface area contributed by atoms with E-state index in [0.717, 1.165) is 42.1 Å². The number of para-hydroxylation sites is 1. The Bertz CT molecular complexity index is 698. The van der Waals surface area contributed by atoms with Gasteiger partial charge in [0.15, 0.2) is 0 Å². The summed E-state index contributed by atoms with van der Waals surface area (Å²) in [5, 5.41) is 13.3. The van der Waals surface area contributed by atoms with Gasteiger partial charge in [0.25, 0.3) is 0 Å². The fourth-order valence-electron chi connectivity index (χ4n) is 3.17. The number of pyridine rings is 1. The van der Waals surface area contributed by atoms with Gasteiger partial charge in [0.05, 0.1) is 5.52 Å². The average Bonchev–Trinajstić information content (AvgIpc) is 2.60. The van der Waals surface area contributed by atoms with Crippen molar-refractivity contribution in [3.63, 3.8) is 0 Å². The summed E-state index contributed by atoms with van der Waals surface area (Å²) in [6, 6.07) is 10.1. The number of hydrogen-bond donors (Lipinski definition) is 2. The average molecular weight is 310 g/mol. The molecule has 1 amide bonds. The van der Waals surface area contributed by atoms with Gasteiger partial charge in [-0.05, 0) is 43.7 Å². The van der Waals surface area contributed by atoms with E-state index in [-0.39, 0.29) is 18.6 Å². The highest BCUT2D eigenvalue weighted by molar-refractivity contribution is 5.95. The third kappa shape index (κ3) is 3.96. The minimum absolute atomic E-state index is 0.0645. The van der Waals surface area contributed by atoms with Gasteiger partial charge in [0, 0.05) is 35.9 Å². The second-order valence-corrected chi connectivity index (χ2v) is 6.16. The fraction of sp³-hybridized carbons (Fsp3) is 0.368. The van der Waals surface area contributed by atoms with E-state index in [1.807, 2.05) is 36.4 Å². The summed E-state index contributed by atoms with van der Waals surface area (Å²) in [5.41, 5.74) is 1.85. The summed E-state index contributed by atoms with van der Waals surface area (Å²) in [5.74, 6) is 0.339. The fourth-order valence-corrected chi connectivity index (χ4v) is 3.17. The van der Waals surface area contributed by atoms with Gasteiger partial charge in [0.1, 0.15) is 0 Å². The van der Waals surface area contributed by atoms with Crippen LogP contribution >= 0.6 is 0 Å². The zero-order chi connectivity index (χ0) is 16.1. The molecule has 0 atom stereocenters. The molecule has 3 rings (SSSR count). The molecule has 0 radical (unpaired) electrons. The van der Waals surface area contributed by atoms with Crippen molar-refractivity contribution in [2.75, 3.05) is 6.61 Å². The van der Waals surface area contributed by atoms with Crippen LogP contribution in [0.3, 0.4) is 0 Å². The van der Waals surface area contributed by atoms with Gasteiger partial charge in [0.2, 0.25) is 5.91 Å². The molecule has 1 saturated carbocycles. The largest absolute Gasteiger partial charge is 0.396 e. The summed E-state index contributed by atoms with van der Waals surface area (Å²) >= 11 is 0. The second-order valence-electron chi connectivity index (χ2n) is 6.16. The number of aliphatic hydroxyl groups is 1. The van der Waals surface area contributed by atoms with Crippen molar-refractivity contribution in [2.45, 2.75) is 31.7 Å². The van der Waals surface area contributed by atoms with Crippen LogP contribution in [0.4, 0.5) is 0 Å². The Hall–Kier alpha value is -2.20. The van der Waals surface area contributed by atoms with Crippen molar-refractivity contribution in [3.8, 4) is 0 Å². The van der Waals surface area contributed by atoms with E-state index < -0.39 is 0 Å². The lowest BCUT2D eigenvalue weighted by atomic mass is 9.86. The van der Waals surface area contributed by atoms with E-state index in [1.54, 1.807) is 12.3 Å². The third-order valence-electron chi connectivity index (χ3n) is 4.53. The van der Waals surface area contributed by atoms with Crippen LogP contribution < -0.4 is 5.32 Å². The highest BCUT2D eigenvalue weighted by Crippen LogP contribution is 2.23. The minimum atomic E-state index is -0.0645. The molecule has 1 fully saturated rings. The molecule has 1 heterocycles. The van der Waals surface area contributed by atoms with Gasteiger partial charge in [-0.15, -0.1) is 0 Å². The van der Waals surface area contributed by atoms with E-state index in [0.29, 0.717) is 5.92 Å². The Morgan fingerprint density at radius 3 is 2.78 bits per heavy atom. The minimum Gasteiger partial charge on any atom is -0.396 e. The van der Waals surface area contributed by atoms with Gasteiger partial charge in [-0.1, -0.05) is 24.3 Å². The Morgan fingerprint density at radius 2 is 2.00 bits per heavy atom. The number of amides is 1. The number of carbonyl (C=O) groups excluding carboxylic acids is 1. The van der Waals surface area contributed by atoms with Crippen molar-refractivity contribution in [1.82, 2.24) is 10.3 Å². The van der Waals surface area contributed by atoms with Crippen LogP contribution in [0.15, 0.2) is 42.6 Å². The van der Waals surface area contributed by atoms with Gasteiger partial charge >= 0.3 is 0 Å². The number of aromatic nitrogens is 1. The number of carbonyl (C=O) groups is 1. The maximum absolute atomic E-state index is 12.1. The normalized spacial score (nSPS) is 21.6.